The Balaban J connectivity index is 1.65. The lowest BCUT2D eigenvalue weighted by Gasteiger charge is -2.24. The van der Waals surface area contributed by atoms with Crippen molar-refractivity contribution in [2.75, 3.05) is 17.2 Å². The second-order valence-corrected chi connectivity index (χ2v) is 5.88. The van der Waals surface area contributed by atoms with Crippen LogP contribution in [0.1, 0.15) is 18.4 Å². The zero-order chi connectivity index (χ0) is 16.9. The number of benzene rings is 1. The lowest BCUT2D eigenvalue weighted by Crippen LogP contribution is -2.45. The smallest absolute Gasteiger partial charge is 0.322 e. The minimum absolute atomic E-state index is 0.181. The number of rotatable bonds is 3. The van der Waals surface area contributed by atoms with E-state index >= 15 is 0 Å². The van der Waals surface area contributed by atoms with E-state index in [1.165, 1.54) is 0 Å². The summed E-state index contributed by atoms with van der Waals surface area (Å²) in [7, 11) is 0. The number of nitrogens with zero attached hydrogens (tertiary/aromatic N) is 2. The van der Waals surface area contributed by atoms with Gasteiger partial charge in [-0.1, -0.05) is 17.7 Å². The van der Waals surface area contributed by atoms with E-state index in [1.807, 2.05) is 31.2 Å². The maximum atomic E-state index is 12.5. The van der Waals surface area contributed by atoms with Crippen LogP contribution in [0.25, 0.3) is 0 Å². The van der Waals surface area contributed by atoms with Crippen LogP contribution >= 0.6 is 0 Å². The van der Waals surface area contributed by atoms with Crippen molar-refractivity contribution in [2.45, 2.75) is 25.8 Å². The van der Waals surface area contributed by atoms with Gasteiger partial charge in [-0.15, -0.1) is 0 Å². The summed E-state index contributed by atoms with van der Waals surface area (Å²) in [6, 6.07) is 10.4. The molecular weight excluding hydrogens is 304 g/mol. The van der Waals surface area contributed by atoms with Crippen molar-refractivity contribution in [1.29, 1.82) is 0 Å². The van der Waals surface area contributed by atoms with E-state index in [0.717, 1.165) is 17.7 Å². The number of likely N-dealkylation sites (tertiary alicyclic amines) is 1. The number of hydrogen-bond acceptors (Lipinski definition) is 3. The third-order valence-electron chi connectivity index (χ3n) is 4.05. The Bertz CT molecular complexity index is 716. The first-order chi connectivity index (χ1) is 11.6. The number of nitrogens with one attached hydrogen (secondary N) is 2. The Morgan fingerprint density at radius 1 is 1.12 bits per heavy atom. The van der Waals surface area contributed by atoms with Crippen LogP contribution in [0.5, 0.6) is 0 Å². The van der Waals surface area contributed by atoms with Crippen molar-refractivity contribution in [1.82, 2.24) is 9.88 Å². The fourth-order valence-corrected chi connectivity index (χ4v) is 2.78. The maximum absolute atomic E-state index is 12.5. The molecule has 3 rings (SSSR count). The van der Waals surface area contributed by atoms with Crippen LogP contribution in [0.15, 0.2) is 48.8 Å². The van der Waals surface area contributed by atoms with E-state index in [0.29, 0.717) is 18.7 Å². The molecule has 0 unspecified atom stereocenters. The highest BCUT2D eigenvalue weighted by atomic mass is 16.2. The predicted molar refractivity (Wildman–Crippen MR) is 92.8 cm³/mol. The Kier molecular flexibility index (Phi) is 4.74. The van der Waals surface area contributed by atoms with Gasteiger partial charge in [0.05, 0.1) is 11.9 Å². The molecule has 3 amide bonds. The van der Waals surface area contributed by atoms with Crippen molar-refractivity contribution < 1.29 is 9.59 Å². The Hall–Kier alpha value is -2.89. The van der Waals surface area contributed by atoms with E-state index < -0.39 is 6.04 Å². The lowest BCUT2D eigenvalue weighted by molar-refractivity contribution is -0.119. The van der Waals surface area contributed by atoms with Gasteiger partial charge in [0.2, 0.25) is 5.91 Å². The first-order valence-corrected chi connectivity index (χ1v) is 7.98. The minimum Gasteiger partial charge on any atom is -0.323 e. The molecule has 1 aliphatic heterocycles. The van der Waals surface area contributed by atoms with Gasteiger partial charge in [0, 0.05) is 18.4 Å². The highest BCUT2D eigenvalue weighted by Gasteiger charge is 2.34. The molecule has 1 aromatic carbocycles. The van der Waals surface area contributed by atoms with Crippen molar-refractivity contribution in [3.63, 3.8) is 0 Å². The van der Waals surface area contributed by atoms with Crippen LogP contribution in [0.4, 0.5) is 16.2 Å². The van der Waals surface area contributed by atoms with Crippen LogP contribution in [-0.4, -0.2) is 34.4 Å². The first kappa shape index (κ1) is 16.0. The van der Waals surface area contributed by atoms with Crippen molar-refractivity contribution in [3.05, 3.63) is 54.4 Å². The van der Waals surface area contributed by atoms with Gasteiger partial charge >= 0.3 is 6.03 Å². The van der Waals surface area contributed by atoms with Gasteiger partial charge in [-0.2, -0.15) is 0 Å². The summed E-state index contributed by atoms with van der Waals surface area (Å²) in [5.74, 6) is -0.181. The van der Waals surface area contributed by atoms with E-state index in [9.17, 15) is 9.59 Å². The molecule has 1 fully saturated rings. The first-order valence-electron chi connectivity index (χ1n) is 7.98. The van der Waals surface area contributed by atoms with E-state index in [2.05, 4.69) is 15.6 Å². The number of carbonyl (C=O) groups excluding carboxylic acids is 2. The summed E-state index contributed by atoms with van der Waals surface area (Å²) in [5.41, 5.74) is 2.49. The second kappa shape index (κ2) is 7.12. The van der Waals surface area contributed by atoms with Gasteiger partial charge < -0.3 is 15.5 Å². The SMILES string of the molecule is Cc1ccc(NC(=O)N2CCC[C@H]2C(=O)Nc2cccnc2)cc1. The molecule has 6 heteroatoms. The molecule has 1 aromatic heterocycles. The molecule has 6 nitrogen and oxygen atoms in total. The summed E-state index contributed by atoms with van der Waals surface area (Å²) < 4.78 is 0. The number of anilines is 2. The Labute approximate surface area is 140 Å². The summed E-state index contributed by atoms with van der Waals surface area (Å²) >= 11 is 0. The average molecular weight is 324 g/mol. The maximum Gasteiger partial charge on any atom is 0.322 e. The largest absolute Gasteiger partial charge is 0.323 e. The number of urea groups is 1. The van der Waals surface area contributed by atoms with Crippen LogP contribution in [0, 0.1) is 6.92 Å². The van der Waals surface area contributed by atoms with Gasteiger partial charge in [-0.3, -0.25) is 9.78 Å². The van der Waals surface area contributed by atoms with Crippen LogP contribution in [-0.2, 0) is 4.79 Å². The average Bonchev–Trinajstić information content (AvgIpc) is 3.08. The predicted octanol–water partition coefficient (Wildman–Crippen LogP) is 3.03. The molecule has 2 N–H and O–H groups in total. The quantitative estimate of drug-likeness (QED) is 0.911. The second-order valence-electron chi connectivity index (χ2n) is 5.88. The molecule has 0 saturated carbocycles. The molecule has 0 aliphatic carbocycles. The van der Waals surface area contributed by atoms with Crippen molar-refractivity contribution in [2.24, 2.45) is 0 Å². The van der Waals surface area contributed by atoms with Gasteiger partial charge in [-0.05, 0) is 44.0 Å². The molecular formula is C18H20N4O2. The molecule has 1 saturated heterocycles. The third kappa shape index (κ3) is 3.71. The van der Waals surface area contributed by atoms with Crippen LogP contribution in [0.2, 0.25) is 0 Å². The van der Waals surface area contributed by atoms with E-state index in [-0.39, 0.29) is 11.9 Å². The fraction of sp³-hybridized carbons (Fsp3) is 0.278. The zero-order valence-corrected chi connectivity index (χ0v) is 13.5. The number of aromatic nitrogens is 1. The molecule has 1 aliphatic rings. The lowest BCUT2D eigenvalue weighted by atomic mass is 10.2. The highest BCUT2D eigenvalue weighted by molar-refractivity contribution is 5.99. The Morgan fingerprint density at radius 2 is 1.92 bits per heavy atom. The van der Waals surface area contributed by atoms with Crippen molar-refractivity contribution >= 4 is 23.3 Å². The number of hydrogen-bond donors (Lipinski definition) is 2. The zero-order valence-electron chi connectivity index (χ0n) is 13.5. The number of amides is 3. The molecule has 0 radical (unpaired) electrons. The Morgan fingerprint density at radius 3 is 2.62 bits per heavy atom. The summed E-state index contributed by atoms with van der Waals surface area (Å²) in [4.78, 5) is 30.5. The number of pyridine rings is 1. The molecule has 1 atom stereocenters. The summed E-state index contributed by atoms with van der Waals surface area (Å²) in [6.45, 7) is 2.56. The monoisotopic (exact) mass is 324 g/mol. The number of carbonyl (C=O) groups is 2. The standard InChI is InChI=1S/C18H20N4O2/c1-13-6-8-14(9-7-13)21-18(24)22-11-3-5-16(22)17(23)20-15-4-2-10-19-12-15/h2,4,6-10,12,16H,3,5,11H2,1H3,(H,20,23)(H,21,24)/t16-/m0/s1. The van der Waals surface area contributed by atoms with Crippen LogP contribution in [0.3, 0.4) is 0 Å². The van der Waals surface area contributed by atoms with E-state index in [4.69, 9.17) is 0 Å². The van der Waals surface area contributed by atoms with Gasteiger partial charge in [0.1, 0.15) is 6.04 Å². The molecule has 2 heterocycles. The molecule has 24 heavy (non-hydrogen) atoms. The van der Waals surface area contributed by atoms with Crippen molar-refractivity contribution in [3.8, 4) is 0 Å². The molecule has 0 bridgehead atoms. The topological polar surface area (TPSA) is 74.3 Å². The van der Waals surface area contributed by atoms with Gasteiger partial charge in [0.25, 0.3) is 0 Å². The summed E-state index contributed by atoms with van der Waals surface area (Å²) in [6.07, 6.45) is 4.70. The van der Waals surface area contributed by atoms with Crippen LogP contribution < -0.4 is 10.6 Å². The third-order valence-corrected chi connectivity index (χ3v) is 4.05. The molecule has 124 valence electrons. The van der Waals surface area contributed by atoms with Gasteiger partial charge in [-0.25, -0.2) is 4.79 Å². The molecule has 0 spiro atoms. The normalized spacial score (nSPS) is 16.7. The fourth-order valence-electron chi connectivity index (χ4n) is 2.78. The number of aryl methyl sites for hydroxylation is 1. The minimum atomic E-state index is -0.462. The molecule has 2 aromatic rings. The highest BCUT2D eigenvalue weighted by Crippen LogP contribution is 2.20. The van der Waals surface area contributed by atoms with Gasteiger partial charge in [0.15, 0.2) is 0 Å². The van der Waals surface area contributed by atoms with E-state index in [1.54, 1.807) is 29.4 Å². The summed E-state index contributed by atoms with van der Waals surface area (Å²) in [5, 5.41) is 5.67.